The number of aromatic amines is 1. The number of fused-ring (bicyclic) bond motifs is 3. The SMILES string of the molecule is O=C(CSc1nc2c([nH]c3ccccc32)c(=O)n1-c1ccc(Cl)cc1)N1CCCCC1. The summed E-state index contributed by atoms with van der Waals surface area (Å²) in [6.07, 6.45) is 3.27. The van der Waals surface area contributed by atoms with E-state index in [2.05, 4.69) is 4.98 Å². The second-order valence-electron chi connectivity index (χ2n) is 7.64. The first-order valence-corrected chi connectivity index (χ1v) is 11.7. The largest absolute Gasteiger partial charge is 0.349 e. The highest BCUT2D eigenvalue weighted by Crippen LogP contribution is 2.27. The number of carbonyl (C=O) groups is 1. The summed E-state index contributed by atoms with van der Waals surface area (Å²) in [5.41, 5.74) is 2.39. The summed E-state index contributed by atoms with van der Waals surface area (Å²) in [6.45, 7) is 1.61. The number of hydrogen-bond donors (Lipinski definition) is 1. The van der Waals surface area contributed by atoms with Crippen LogP contribution in [0.5, 0.6) is 0 Å². The Labute approximate surface area is 188 Å². The van der Waals surface area contributed by atoms with E-state index < -0.39 is 0 Å². The van der Waals surface area contributed by atoms with Crippen LogP contribution in [0.2, 0.25) is 5.02 Å². The number of rotatable bonds is 4. The Morgan fingerprint density at radius 2 is 1.81 bits per heavy atom. The summed E-state index contributed by atoms with van der Waals surface area (Å²) in [6, 6.07) is 14.8. The van der Waals surface area contributed by atoms with E-state index in [1.54, 1.807) is 28.8 Å². The van der Waals surface area contributed by atoms with Gasteiger partial charge < -0.3 is 9.88 Å². The minimum atomic E-state index is -0.198. The number of nitrogens with one attached hydrogen (secondary N) is 1. The van der Waals surface area contributed by atoms with Crippen molar-refractivity contribution in [3.63, 3.8) is 0 Å². The lowest BCUT2D eigenvalue weighted by Gasteiger charge is -2.26. The molecule has 2 aromatic heterocycles. The van der Waals surface area contributed by atoms with Gasteiger partial charge in [-0.1, -0.05) is 41.6 Å². The fraction of sp³-hybridized carbons (Fsp3) is 0.261. The van der Waals surface area contributed by atoms with Crippen molar-refractivity contribution < 1.29 is 4.79 Å². The number of hydrogen-bond acceptors (Lipinski definition) is 4. The summed E-state index contributed by atoms with van der Waals surface area (Å²) < 4.78 is 1.56. The van der Waals surface area contributed by atoms with Crippen LogP contribution in [0, 0.1) is 0 Å². The Balaban J connectivity index is 1.60. The molecule has 1 saturated heterocycles. The molecule has 0 aliphatic carbocycles. The van der Waals surface area contributed by atoms with Crippen molar-refractivity contribution in [2.24, 2.45) is 0 Å². The molecule has 0 unspecified atom stereocenters. The molecular weight excluding hydrogens is 432 g/mol. The first kappa shape index (κ1) is 20.2. The summed E-state index contributed by atoms with van der Waals surface area (Å²) in [4.78, 5) is 36.2. The number of thioether (sulfide) groups is 1. The van der Waals surface area contributed by atoms with E-state index in [4.69, 9.17) is 16.6 Å². The highest BCUT2D eigenvalue weighted by atomic mass is 35.5. The maximum atomic E-state index is 13.5. The molecule has 2 aromatic carbocycles. The molecule has 31 heavy (non-hydrogen) atoms. The lowest BCUT2D eigenvalue weighted by atomic mass is 10.1. The third-order valence-corrected chi connectivity index (χ3v) is 6.79. The zero-order valence-corrected chi connectivity index (χ0v) is 18.4. The van der Waals surface area contributed by atoms with Crippen molar-refractivity contribution in [2.45, 2.75) is 24.4 Å². The van der Waals surface area contributed by atoms with Crippen molar-refractivity contribution in [2.75, 3.05) is 18.8 Å². The van der Waals surface area contributed by atoms with Crippen LogP contribution in [0.3, 0.4) is 0 Å². The molecule has 0 saturated carbocycles. The van der Waals surface area contributed by atoms with Gasteiger partial charge in [0.15, 0.2) is 5.16 Å². The van der Waals surface area contributed by atoms with Gasteiger partial charge in [0.1, 0.15) is 11.0 Å². The molecular formula is C23H21ClN4O2S. The molecule has 5 rings (SSSR count). The number of piperidine rings is 1. The second-order valence-corrected chi connectivity index (χ2v) is 9.01. The topological polar surface area (TPSA) is 71.0 Å². The lowest BCUT2D eigenvalue weighted by Crippen LogP contribution is -2.36. The normalized spacial score (nSPS) is 14.4. The quantitative estimate of drug-likeness (QED) is 0.362. The van der Waals surface area contributed by atoms with Gasteiger partial charge in [-0.2, -0.15) is 0 Å². The number of likely N-dealkylation sites (tertiary alicyclic amines) is 1. The summed E-state index contributed by atoms with van der Waals surface area (Å²) in [5, 5.41) is 1.97. The van der Waals surface area contributed by atoms with E-state index in [0.717, 1.165) is 36.8 Å². The van der Waals surface area contributed by atoms with Gasteiger partial charge >= 0.3 is 0 Å². The molecule has 8 heteroatoms. The second kappa shape index (κ2) is 8.40. The molecule has 0 bridgehead atoms. The van der Waals surface area contributed by atoms with Crippen LogP contribution in [0.15, 0.2) is 58.5 Å². The van der Waals surface area contributed by atoms with Crippen molar-refractivity contribution in [1.29, 1.82) is 0 Å². The van der Waals surface area contributed by atoms with Gasteiger partial charge in [-0.05, 0) is 49.6 Å². The Hall–Kier alpha value is -2.77. The molecule has 1 fully saturated rings. The Morgan fingerprint density at radius 1 is 1.06 bits per heavy atom. The third kappa shape index (κ3) is 3.83. The predicted molar refractivity (Wildman–Crippen MR) is 125 cm³/mol. The predicted octanol–water partition coefficient (Wildman–Crippen LogP) is 4.63. The third-order valence-electron chi connectivity index (χ3n) is 5.61. The number of benzene rings is 2. The molecule has 1 aliphatic heterocycles. The van der Waals surface area contributed by atoms with E-state index >= 15 is 0 Å². The smallest absolute Gasteiger partial charge is 0.283 e. The van der Waals surface area contributed by atoms with Crippen molar-refractivity contribution in [1.82, 2.24) is 19.4 Å². The monoisotopic (exact) mass is 452 g/mol. The Bertz CT molecular complexity index is 1320. The van der Waals surface area contributed by atoms with Gasteiger partial charge in [0.25, 0.3) is 5.56 Å². The van der Waals surface area contributed by atoms with Crippen molar-refractivity contribution in [3.05, 3.63) is 63.9 Å². The van der Waals surface area contributed by atoms with Crippen LogP contribution < -0.4 is 5.56 Å². The van der Waals surface area contributed by atoms with E-state index in [-0.39, 0.29) is 17.2 Å². The van der Waals surface area contributed by atoms with Crippen LogP contribution in [0.1, 0.15) is 19.3 Å². The van der Waals surface area contributed by atoms with E-state index in [1.165, 1.54) is 18.2 Å². The van der Waals surface area contributed by atoms with E-state index in [1.807, 2.05) is 29.2 Å². The fourth-order valence-electron chi connectivity index (χ4n) is 4.02. The summed E-state index contributed by atoms with van der Waals surface area (Å²) >= 11 is 7.35. The van der Waals surface area contributed by atoms with Crippen LogP contribution in [0.25, 0.3) is 27.6 Å². The van der Waals surface area contributed by atoms with Gasteiger partial charge in [0.2, 0.25) is 5.91 Å². The molecule has 0 spiro atoms. The number of carbonyl (C=O) groups excluding carboxylic acids is 1. The lowest BCUT2D eigenvalue weighted by molar-refractivity contribution is -0.129. The number of halogens is 1. The molecule has 4 aromatic rings. The van der Waals surface area contributed by atoms with Crippen molar-refractivity contribution in [3.8, 4) is 5.69 Å². The highest BCUT2D eigenvalue weighted by molar-refractivity contribution is 7.99. The van der Waals surface area contributed by atoms with E-state index in [9.17, 15) is 9.59 Å². The number of H-pyrrole nitrogens is 1. The maximum absolute atomic E-state index is 13.5. The van der Waals surface area contributed by atoms with Gasteiger partial charge in [-0.3, -0.25) is 14.2 Å². The average molecular weight is 453 g/mol. The first-order chi connectivity index (χ1) is 15.1. The minimum absolute atomic E-state index is 0.0839. The van der Waals surface area contributed by atoms with Crippen LogP contribution >= 0.6 is 23.4 Å². The van der Waals surface area contributed by atoms with Gasteiger partial charge in [0, 0.05) is 29.0 Å². The molecule has 158 valence electrons. The van der Waals surface area contributed by atoms with Gasteiger partial charge in [0.05, 0.1) is 11.4 Å². The summed E-state index contributed by atoms with van der Waals surface area (Å²) in [5.74, 6) is 0.328. The average Bonchev–Trinajstić information content (AvgIpc) is 3.18. The van der Waals surface area contributed by atoms with Gasteiger partial charge in [-0.25, -0.2) is 4.98 Å². The number of para-hydroxylation sites is 1. The fourth-order valence-corrected chi connectivity index (χ4v) is 5.05. The Morgan fingerprint density at radius 3 is 2.58 bits per heavy atom. The van der Waals surface area contributed by atoms with Crippen LogP contribution in [0.4, 0.5) is 0 Å². The standard InChI is InChI=1S/C23H21ClN4O2S/c24-15-8-10-16(11-9-15)28-22(30)21-20(17-6-2-3-7-18(17)25-21)26-23(28)31-14-19(29)27-12-4-1-5-13-27/h2-3,6-11,25H,1,4-5,12-14H2. The van der Waals surface area contributed by atoms with Crippen molar-refractivity contribution >= 4 is 51.2 Å². The van der Waals surface area contributed by atoms with Crippen LogP contribution in [-0.2, 0) is 4.79 Å². The molecule has 3 heterocycles. The molecule has 6 nitrogen and oxygen atoms in total. The zero-order valence-electron chi connectivity index (χ0n) is 16.8. The highest BCUT2D eigenvalue weighted by Gasteiger charge is 2.20. The number of aromatic nitrogens is 3. The van der Waals surface area contributed by atoms with E-state index in [0.29, 0.717) is 26.9 Å². The van der Waals surface area contributed by atoms with Crippen LogP contribution in [-0.4, -0.2) is 44.2 Å². The maximum Gasteiger partial charge on any atom is 0.283 e. The first-order valence-electron chi connectivity index (χ1n) is 10.3. The molecule has 1 aliphatic rings. The number of nitrogens with zero attached hydrogens (tertiary/aromatic N) is 3. The number of amides is 1. The molecule has 0 radical (unpaired) electrons. The minimum Gasteiger partial charge on any atom is -0.349 e. The molecule has 0 atom stereocenters. The summed E-state index contributed by atoms with van der Waals surface area (Å²) in [7, 11) is 0. The van der Waals surface area contributed by atoms with Gasteiger partial charge in [-0.15, -0.1) is 0 Å². The molecule has 1 N–H and O–H groups in total. The zero-order chi connectivity index (χ0) is 21.4. The Kier molecular flexibility index (Phi) is 5.46. The molecule has 1 amide bonds.